The zero-order chi connectivity index (χ0) is 14.9. The van der Waals surface area contributed by atoms with Gasteiger partial charge in [0.25, 0.3) is 0 Å². The Bertz CT molecular complexity index is 657. The maximum absolute atomic E-state index is 11.3. The first-order valence-electron chi connectivity index (χ1n) is 6.81. The Morgan fingerprint density at radius 3 is 2.55 bits per heavy atom. The number of carboxylic acid groups (broad SMARTS) is 1. The third-order valence-corrected chi connectivity index (χ3v) is 3.48. The summed E-state index contributed by atoms with van der Waals surface area (Å²) >= 11 is 0. The van der Waals surface area contributed by atoms with Gasteiger partial charge in [0.1, 0.15) is 0 Å². The third-order valence-electron chi connectivity index (χ3n) is 3.48. The van der Waals surface area contributed by atoms with Crippen LogP contribution in [0.25, 0.3) is 11.1 Å². The van der Waals surface area contributed by atoms with Crippen molar-refractivity contribution in [1.82, 2.24) is 9.78 Å². The lowest BCUT2D eigenvalue weighted by molar-refractivity contribution is 0.0696. The molecular weight excluding hydrogens is 252 g/mol. The Balaban J connectivity index is 2.63. The summed E-state index contributed by atoms with van der Waals surface area (Å²) < 4.78 is 1.79. The first-order chi connectivity index (χ1) is 9.43. The molecule has 0 fully saturated rings. The fourth-order valence-corrected chi connectivity index (χ4v) is 2.55. The minimum absolute atomic E-state index is 0.358. The Hall–Kier alpha value is -2.10. The zero-order valence-electron chi connectivity index (χ0n) is 12.4. The molecule has 0 atom stereocenters. The first-order valence-corrected chi connectivity index (χ1v) is 6.81. The number of carbonyl (C=O) groups is 1. The molecule has 0 saturated heterocycles. The lowest BCUT2D eigenvalue weighted by Gasteiger charge is -2.10. The molecule has 0 unspecified atom stereocenters. The van der Waals surface area contributed by atoms with Crippen LogP contribution < -0.4 is 0 Å². The number of aromatic carboxylic acids is 1. The molecule has 4 nitrogen and oxygen atoms in total. The number of aryl methyl sites for hydroxylation is 4. The molecule has 1 heterocycles. The highest BCUT2D eigenvalue weighted by Gasteiger charge is 2.16. The Morgan fingerprint density at radius 1 is 1.25 bits per heavy atom. The number of hydrogen-bond donors (Lipinski definition) is 1. The van der Waals surface area contributed by atoms with Gasteiger partial charge in [0, 0.05) is 18.8 Å². The van der Waals surface area contributed by atoms with Crippen LogP contribution in [0.4, 0.5) is 0 Å². The van der Waals surface area contributed by atoms with Crippen LogP contribution in [0.15, 0.2) is 18.3 Å². The molecule has 2 rings (SSSR count). The third kappa shape index (κ3) is 2.59. The normalized spacial score (nSPS) is 10.8. The van der Waals surface area contributed by atoms with Gasteiger partial charge in [-0.05, 0) is 43.0 Å². The van der Waals surface area contributed by atoms with E-state index in [0.29, 0.717) is 5.56 Å². The second-order valence-electron chi connectivity index (χ2n) is 5.20. The van der Waals surface area contributed by atoms with Crippen molar-refractivity contribution in [2.24, 2.45) is 7.05 Å². The maximum Gasteiger partial charge on any atom is 0.335 e. The second-order valence-corrected chi connectivity index (χ2v) is 5.20. The van der Waals surface area contributed by atoms with Crippen LogP contribution in [0.2, 0.25) is 0 Å². The van der Waals surface area contributed by atoms with Gasteiger partial charge >= 0.3 is 5.97 Å². The Morgan fingerprint density at radius 2 is 1.95 bits per heavy atom. The van der Waals surface area contributed by atoms with Crippen molar-refractivity contribution in [3.8, 4) is 11.1 Å². The van der Waals surface area contributed by atoms with Crippen LogP contribution in [-0.4, -0.2) is 20.9 Å². The first kappa shape index (κ1) is 14.3. The van der Waals surface area contributed by atoms with Crippen molar-refractivity contribution in [3.05, 3.63) is 40.7 Å². The molecule has 0 aliphatic heterocycles. The fraction of sp³-hybridized carbons (Fsp3) is 0.375. The highest BCUT2D eigenvalue weighted by molar-refractivity contribution is 5.91. The molecule has 0 aliphatic rings. The quantitative estimate of drug-likeness (QED) is 0.928. The van der Waals surface area contributed by atoms with E-state index < -0.39 is 5.97 Å². The predicted molar refractivity (Wildman–Crippen MR) is 79.1 cm³/mol. The lowest BCUT2D eigenvalue weighted by atomic mass is 9.94. The second kappa shape index (κ2) is 5.49. The molecule has 106 valence electrons. The van der Waals surface area contributed by atoms with Crippen LogP contribution >= 0.6 is 0 Å². The highest BCUT2D eigenvalue weighted by Crippen LogP contribution is 2.29. The van der Waals surface area contributed by atoms with Crippen LogP contribution in [0.3, 0.4) is 0 Å². The van der Waals surface area contributed by atoms with Gasteiger partial charge in [-0.3, -0.25) is 4.68 Å². The average Bonchev–Trinajstić information content (AvgIpc) is 2.70. The topological polar surface area (TPSA) is 55.1 Å². The van der Waals surface area contributed by atoms with Gasteiger partial charge in [-0.15, -0.1) is 0 Å². The van der Waals surface area contributed by atoms with Gasteiger partial charge in [-0.1, -0.05) is 19.4 Å². The summed E-state index contributed by atoms with van der Waals surface area (Å²) in [5, 5.41) is 13.8. The molecule has 4 heteroatoms. The number of aromatic nitrogens is 2. The molecule has 2 aromatic rings. The smallest absolute Gasteiger partial charge is 0.335 e. The van der Waals surface area contributed by atoms with Crippen LogP contribution in [-0.2, 0) is 13.5 Å². The summed E-state index contributed by atoms with van der Waals surface area (Å²) in [7, 11) is 1.89. The predicted octanol–water partition coefficient (Wildman–Crippen LogP) is 3.35. The summed E-state index contributed by atoms with van der Waals surface area (Å²) in [5.74, 6) is -0.885. The van der Waals surface area contributed by atoms with E-state index in [9.17, 15) is 9.90 Å². The number of benzene rings is 1. The van der Waals surface area contributed by atoms with Gasteiger partial charge < -0.3 is 5.11 Å². The molecule has 20 heavy (non-hydrogen) atoms. The highest BCUT2D eigenvalue weighted by atomic mass is 16.4. The van der Waals surface area contributed by atoms with Gasteiger partial charge in [0.15, 0.2) is 0 Å². The maximum atomic E-state index is 11.3. The molecule has 0 radical (unpaired) electrons. The van der Waals surface area contributed by atoms with Crippen molar-refractivity contribution < 1.29 is 9.90 Å². The van der Waals surface area contributed by atoms with Gasteiger partial charge in [-0.25, -0.2) is 4.79 Å². The van der Waals surface area contributed by atoms with Gasteiger partial charge in [0.2, 0.25) is 0 Å². The molecular formula is C16H20N2O2. The summed E-state index contributed by atoms with van der Waals surface area (Å²) in [6.07, 6.45) is 3.88. The Labute approximate surface area is 119 Å². The minimum atomic E-state index is -0.885. The summed E-state index contributed by atoms with van der Waals surface area (Å²) in [6.45, 7) is 5.95. The molecule has 0 bridgehead atoms. The Kier molecular flexibility index (Phi) is 3.93. The van der Waals surface area contributed by atoms with Gasteiger partial charge in [-0.2, -0.15) is 5.10 Å². The summed E-state index contributed by atoms with van der Waals surface area (Å²) in [5.41, 5.74) is 5.26. The van der Waals surface area contributed by atoms with Crippen molar-refractivity contribution in [2.45, 2.75) is 33.6 Å². The largest absolute Gasteiger partial charge is 0.478 e. The van der Waals surface area contributed by atoms with E-state index in [4.69, 9.17) is 0 Å². The lowest BCUT2D eigenvalue weighted by Crippen LogP contribution is -2.01. The standard InChI is InChI=1S/C16H20N2O2/c1-5-6-15-14(9-18(4)17-15)12-8-13(16(19)20)11(3)7-10(12)2/h7-9H,5-6H2,1-4H3,(H,19,20). The molecule has 0 amide bonds. The molecule has 1 N–H and O–H groups in total. The van der Waals surface area contributed by atoms with Crippen LogP contribution in [0.1, 0.15) is 40.5 Å². The molecule has 1 aromatic heterocycles. The van der Waals surface area contributed by atoms with Crippen molar-refractivity contribution in [1.29, 1.82) is 0 Å². The van der Waals surface area contributed by atoms with Crippen LogP contribution in [0.5, 0.6) is 0 Å². The van der Waals surface area contributed by atoms with E-state index in [1.165, 1.54) is 0 Å². The van der Waals surface area contributed by atoms with E-state index in [-0.39, 0.29) is 0 Å². The van der Waals surface area contributed by atoms with E-state index in [1.807, 2.05) is 33.2 Å². The monoisotopic (exact) mass is 272 g/mol. The molecule has 0 aliphatic carbocycles. The van der Waals surface area contributed by atoms with E-state index in [2.05, 4.69) is 12.0 Å². The number of rotatable bonds is 4. The number of carboxylic acids is 1. The molecule has 0 spiro atoms. The van der Waals surface area contributed by atoms with Crippen molar-refractivity contribution in [2.75, 3.05) is 0 Å². The molecule has 0 saturated carbocycles. The van der Waals surface area contributed by atoms with Crippen molar-refractivity contribution in [3.63, 3.8) is 0 Å². The van der Waals surface area contributed by atoms with Crippen LogP contribution in [0, 0.1) is 13.8 Å². The zero-order valence-corrected chi connectivity index (χ0v) is 12.4. The number of nitrogens with zero attached hydrogens (tertiary/aromatic N) is 2. The SMILES string of the molecule is CCCc1nn(C)cc1-c1cc(C(=O)O)c(C)cc1C. The summed E-state index contributed by atoms with van der Waals surface area (Å²) in [6, 6.07) is 3.70. The molecule has 1 aromatic carbocycles. The van der Waals surface area contributed by atoms with Crippen molar-refractivity contribution >= 4 is 5.97 Å². The average molecular weight is 272 g/mol. The number of hydrogen-bond acceptors (Lipinski definition) is 2. The minimum Gasteiger partial charge on any atom is -0.478 e. The summed E-state index contributed by atoms with van der Waals surface area (Å²) in [4.78, 5) is 11.3. The van der Waals surface area contributed by atoms with E-state index in [1.54, 1.807) is 10.7 Å². The van der Waals surface area contributed by atoms with E-state index in [0.717, 1.165) is 40.8 Å². The van der Waals surface area contributed by atoms with Gasteiger partial charge in [0.05, 0.1) is 11.3 Å². The fourth-order valence-electron chi connectivity index (χ4n) is 2.55. The van der Waals surface area contributed by atoms with E-state index >= 15 is 0 Å².